The summed E-state index contributed by atoms with van der Waals surface area (Å²) in [6.45, 7) is 6.04. The normalized spacial score (nSPS) is 10.9. The molecule has 29 heavy (non-hydrogen) atoms. The third kappa shape index (κ3) is 4.03. The largest absolute Gasteiger partial charge is 0.290 e. The van der Waals surface area contributed by atoms with Crippen molar-refractivity contribution in [3.05, 3.63) is 57.3 Å². The number of rotatable bonds is 5. The van der Waals surface area contributed by atoms with Crippen molar-refractivity contribution < 1.29 is 9.59 Å². The molecule has 2 N–H and O–H groups in total. The predicted molar refractivity (Wildman–Crippen MR) is 108 cm³/mol. The molecule has 152 valence electrons. The summed E-state index contributed by atoms with van der Waals surface area (Å²) in [6.07, 6.45) is 0.794. The van der Waals surface area contributed by atoms with E-state index in [9.17, 15) is 14.4 Å². The highest BCUT2D eigenvalue weighted by molar-refractivity contribution is 6.05. The molecule has 3 aromatic rings. The predicted octanol–water partition coefficient (Wildman–Crippen LogP) is 1.16. The van der Waals surface area contributed by atoms with Gasteiger partial charge in [-0.1, -0.05) is 25.1 Å². The number of benzene rings is 1. The van der Waals surface area contributed by atoms with Gasteiger partial charge in [0, 0.05) is 30.2 Å². The minimum atomic E-state index is -0.584. The molecular weight excluding hydrogens is 372 g/mol. The van der Waals surface area contributed by atoms with E-state index in [1.807, 2.05) is 27.8 Å². The third-order valence-electron chi connectivity index (χ3n) is 4.83. The highest BCUT2D eigenvalue weighted by atomic mass is 16.2. The summed E-state index contributed by atoms with van der Waals surface area (Å²) < 4.78 is 2.99. The lowest BCUT2D eigenvalue weighted by Gasteiger charge is -2.11. The van der Waals surface area contributed by atoms with Crippen molar-refractivity contribution in [3.63, 3.8) is 0 Å². The summed E-state index contributed by atoms with van der Waals surface area (Å²) >= 11 is 0. The number of hydrogen-bond donors (Lipinski definition) is 2. The molecule has 0 unspecified atom stereocenters. The molecule has 9 heteroatoms. The molecule has 0 aliphatic heterocycles. The van der Waals surface area contributed by atoms with Crippen LogP contribution in [-0.4, -0.2) is 31.4 Å². The monoisotopic (exact) mass is 396 g/mol. The summed E-state index contributed by atoms with van der Waals surface area (Å²) in [5, 5.41) is 9.35. The average Bonchev–Trinajstić information content (AvgIpc) is 2.94. The number of carbonyl (C=O) groups excluding carboxylic acids is 2. The van der Waals surface area contributed by atoms with Crippen LogP contribution < -0.4 is 16.4 Å². The van der Waals surface area contributed by atoms with Crippen molar-refractivity contribution >= 4 is 22.6 Å². The maximum atomic E-state index is 12.7. The Labute approximate surface area is 167 Å². The maximum absolute atomic E-state index is 12.7. The first-order chi connectivity index (χ1) is 13.8. The summed E-state index contributed by atoms with van der Waals surface area (Å²) in [6, 6.07) is 6.80. The van der Waals surface area contributed by atoms with Crippen molar-refractivity contribution in [2.45, 2.75) is 40.2 Å². The Morgan fingerprint density at radius 1 is 1.07 bits per heavy atom. The lowest BCUT2D eigenvalue weighted by atomic mass is 10.1. The molecule has 0 saturated heterocycles. The Morgan fingerprint density at radius 3 is 2.38 bits per heavy atom. The minimum absolute atomic E-state index is 0.0858. The van der Waals surface area contributed by atoms with Gasteiger partial charge in [-0.15, -0.1) is 0 Å². The highest BCUT2D eigenvalue weighted by Crippen LogP contribution is 2.14. The van der Waals surface area contributed by atoms with E-state index in [1.165, 1.54) is 4.68 Å². The lowest BCUT2D eigenvalue weighted by Crippen LogP contribution is -2.43. The van der Waals surface area contributed by atoms with E-state index in [4.69, 9.17) is 0 Å². The second-order valence-electron chi connectivity index (χ2n) is 6.87. The van der Waals surface area contributed by atoms with Crippen LogP contribution in [0.25, 0.3) is 10.8 Å². The average molecular weight is 396 g/mol. The smallest absolute Gasteiger partial charge is 0.273 e. The highest BCUT2D eigenvalue weighted by Gasteiger charge is 2.18. The van der Waals surface area contributed by atoms with Gasteiger partial charge in [0.05, 0.1) is 17.5 Å². The first-order valence-electron chi connectivity index (χ1n) is 9.41. The van der Waals surface area contributed by atoms with Gasteiger partial charge in [0.2, 0.25) is 5.91 Å². The molecule has 0 bridgehead atoms. The topological polar surface area (TPSA) is 111 Å². The zero-order valence-electron chi connectivity index (χ0n) is 16.9. The van der Waals surface area contributed by atoms with Crippen LogP contribution in [0.1, 0.15) is 40.8 Å². The Kier molecular flexibility index (Phi) is 5.76. The standard InChI is InChI=1S/C20H24N6O3/c1-5-10-26-20(29)15-9-7-6-8-14(15)18(24-26)19(28)22-21-17(27)11-16-12(2)23-25(4)13(16)3/h6-9H,5,10-11H2,1-4H3,(H,21,27)(H,22,28). The van der Waals surface area contributed by atoms with Crippen molar-refractivity contribution in [1.29, 1.82) is 0 Å². The number of amides is 2. The van der Waals surface area contributed by atoms with Gasteiger partial charge in [0.1, 0.15) is 0 Å². The van der Waals surface area contributed by atoms with E-state index in [0.29, 0.717) is 23.7 Å². The Bertz CT molecular complexity index is 1150. The number of nitrogens with one attached hydrogen (secondary N) is 2. The molecule has 9 nitrogen and oxygen atoms in total. The summed E-state index contributed by atoms with van der Waals surface area (Å²) in [4.78, 5) is 37.5. The van der Waals surface area contributed by atoms with Gasteiger partial charge in [-0.3, -0.25) is 29.9 Å². The molecule has 0 saturated carbocycles. The Morgan fingerprint density at radius 2 is 1.76 bits per heavy atom. The molecule has 0 spiro atoms. The van der Waals surface area contributed by atoms with Crippen LogP contribution in [0.3, 0.4) is 0 Å². The summed E-state index contributed by atoms with van der Waals surface area (Å²) in [7, 11) is 1.81. The summed E-state index contributed by atoms with van der Waals surface area (Å²) in [5.41, 5.74) is 7.14. The number of fused-ring (bicyclic) bond motifs is 1. The van der Waals surface area contributed by atoms with E-state index in [1.54, 1.807) is 28.9 Å². The van der Waals surface area contributed by atoms with Gasteiger partial charge < -0.3 is 0 Å². The van der Waals surface area contributed by atoms with Crippen molar-refractivity contribution in [1.82, 2.24) is 30.4 Å². The van der Waals surface area contributed by atoms with E-state index in [-0.39, 0.29) is 23.6 Å². The molecule has 2 heterocycles. The molecule has 0 atom stereocenters. The molecule has 2 amide bonds. The first kappa shape index (κ1) is 20.2. The fourth-order valence-corrected chi connectivity index (χ4v) is 3.23. The van der Waals surface area contributed by atoms with Crippen LogP contribution >= 0.6 is 0 Å². The number of carbonyl (C=O) groups is 2. The fraction of sp³-hybridized carbons (Fsp3) is 0.350. The van der Waals surface area contributed by atoms with Gasteiger partial charge in [0.15, 0.2) is 5.69 Å². The zero-order chi connectivity index (χ0) is 21.1. The molecular formula is C20H24N6O3. The van der Waals surface area contributed by atoms with E-state index in [0.717, 1.165) is 17.0 Å². The first-order valence-corrected chi connectivity index (χ1v) is 9.41. The van der Waals surface area contributed by atoms with Gasteiger partial charge in [-0.2, -0.15) is 10.2 Å². The number of hydrogen-bond acceptors (Lipinski definition) is 5. The number of aromatic nitrogens is 4. The zero-order valence-corrected chi connectivity index (χ0v) is 16.9. The third-order valence-corrected chi connectivity index (χ3v) is 4.83. The Balaban J connectivity index is 1.80. The van der Waals surface area contributed by atoms with Gasteiger partial charge >= 0.3 is 0 Å². The number of nitrogens with zero attached hydrogens (tertiary/aromatic N) is 4. The number of hydrazine groups is 1. The van der Waals surface area contributed by atoms with Crippen LogP contribution in [0.15, 0.2) is 29.1 Å². The fourth-order valence-electron chi connectivity index (χ4n) is 3.23. The van der Waals surface area contributed by atoms with E-state index in [2.05, 4.69) is 21.0 Å². The second-order valence-corrected chi connectivity index (χ2v) is 6.87. The Hall–Kier alpha value is -3.49. The maximum Gasteiger partial charge on any atom is 0.290 e. The molecule has 3 rings (SSSR count). The van der Waals surface area contributed by atoms with Gasteiger partial charge in [0.25, 0.3) is 11.5 Å². The van der Waals surface area contributed by atoms with Crippen LogP contribution in [0.4, 0.5) is 0 Å². The van der Waals surface area contributed by atoms with Crippen LogP contribution in [0, 0.1) is 13.8 Å². The van der Waals surface area contributed by atoms with Gasteiger partial charge in [-0.05, 0) is 26.3 Å². The SMILES string of the molecule is CCCn1nc(C(=O)NNC(=O)Cc2c(C)nn(C)c2C)c2ccccc2c1=O. The molecule has 0 aliphatic carbocycles. The lowest BCUT2D eigenvalue weighted by molar-refractivity contribution is -0.121. The molecule has 0 aliphatic rings. The molecule has 1 aromatic carbocycles. The van der Waals surface area contributed by atoms with Crippen LogP contribution in [0.2, 0.25) is 0 Å². The quantitative estimate of drug-likeness (QED) is 0.629. The van der Waals surface area contributed by atoms with Crippen LogP contribution in [0.5, 0.6) is 0 Å². The van der Waals surface area contributed by atoms with E-state index >= 15 is 0 Å². The van der Waals surface area contributed by atoms with Crippen molar-refractivity contribution in [2.24, 2.45) is 7.05 Å². The second kappa shape index (κ2) is 8.26. The van der Waals surface area contributed by atoms with Crippen molar-refractivity contribution in [3.8, 4) is 0 Å². The van der Waals surface area contributed by atoms with Crippen LogP contribution in [-0.2, 0) is 24.8 Å². The minimum Gasteiger partial charge on any atom is -0.273 e. The van der Waals surface area contributed by atoms with Gasteiger partial charge in [-0.25, -0.2) is 4.68 Å². The van der Waals surface area contributed by atoms with Crippen molar-refractivity contribution in [2.75, 3.05) is 0 Å². The summed E-state index contributed by atoms with van der Waals surface area (Å²) in [5.74, 6) is -0.956. The van der Waals surface area contributed by atoms with E-state index < -0.39 is 5.91 Å². The molecule has 2 aromatic heterocycles. The molecule has 0 fully saturated rings. The number of aryl methyl sites for hydroxylation is 3. The molecule has 0 radical (unpaired) electrons.